The zero-order chi connectivity index (χ0) is 27.1. The molecule has 0 amide bonds. The van der Waals surface area contributed by atoms with E-state index in [1.807, 2.05) is 86.8 Å². The van der Waals surface area contributed by atoms with Gasteiger partial charge in [-0.3, -0.25) is 0 Å². The second-order valence-corrected chi connectivity index (χ2v) is 11.3. The summed E-state index contributed by atoms with van der Waals surface area (Å²) in [4.78, 5) is 3.64. The maximum absolute atomic E-state index is 11.6. The van der Waals surface area contributed by atoms with Crippen molar-refractivity contribution in [1.82, 2.24) is 9.55 Å². The van der Waals surface area contributed by atoms with Gasteiger partial charge in [-0.1, -0.05) is 97.1 Å². The maximum atomic E-state index is 11.6. The van der Waals surface area contributed by atoms with Crippen LogP contribution in [0.25, 0.3) is 0 Å². The summed E-state index contributed by atoms with van der Waals surface area (Å²) in [5.41, 5.74) is 3.93. The van der Waals surface area contributed by atoms with E-state index in [-0.39, 0.29) is 0 Å². The summed E-state index contributed by atoms with van der Waals surface area (Å²) in [5, 5.41) is 11.6. The smallest absolute Gasteiger partial charge is 0.205 e. The van der Waals surface area contributed by atoms with Crippen molar-refractivity contribution in [2.75, 3.05) is 6.61 Å². The second-order valence-electron chi connectivity index (χ2n) is 10.6. The van der Waals surface area contributed by atoms with Crippen LogP contribution in [-0.4, -0.2) is 31.9 Å². The van der Waals surface area contributed by atoms with E-state index in [1.54, 1.807) is 6.33 Å². The molecule has 5 nitrogen and oxygen atoms in total. The molecule has 0 spiro atoms. The van der Waals surface area contributed by atoms with E-state index in [0.29, 0.717) is 18.7 Å². The number of aliphatic hydroxyl groups is 1. The number of hydrogen-bond donors (Lipinski definition) is 1. The summed E-state index contributed by atoms with van der Waals surface area (Å²) in [6, 6.07) is 31.1. The van der Waals surface area contributed by atoms with Crippen molar-refractivity contribution in [1.29, 1.82) is 0 Å². The molecule has 198 valence electrons. The molecule has 0 bridgehead atoms. The highest BCUT2D eigenvalue weighted by Crippen LogP contribution is 2.46. The number of benzene rings is 3. The fourth-order valence-electron chi connectivity index (χ4n) is 5.67. The van der Waals surface area contributed by atoms with Crippen molar-refractivity contribution in [2.45, 2.75) is 42.6 Å². The van der Waals surface area contributed by atoms with E-state index < -0.39 is 22.3 Å². The molecule has 2 aliphatic rings. The van der Waals surface area contributed by atoms with E-state index in [4.69, 9.17) is 26.1 Å². The Labute approximate surface area is 234 Å². The zero-order valence-electron chi connectivity index (χ0n) is 22.0. The minimum Gasteiger partial charge on any atom is -0.463 e. The first-order valence-corrected chi connectivity index (χ1v) is 13.5. The van der Waals surface area contributed by atoms with Gasteiger partial charge in [-0.25, -0.2) is 4.98 Å². The molecule has 6 rings (SSSR count). The topological polar surface area (TPSA) is 56.5 Å². The summed E-state index contributed by atoms with van der Waals surface area (Å²) < 4.78 is 13.9. The van der Waals surface area contributed by atoms with Crippen LogP contribution in [0.1, 0.15) is 48.8 Å². The Morgan fingerprint density at radius 2 is 1.44 bits per heavy atom. The van der Waals surface area contributed by atoms with Crippen molar-refractivity contribution < 1.29 is 14.6 Å². The summed E-state index contributed by atoms with van der Waals surface area (Å²) in [5.74, 6) is 0.0687. The van der Waals surface area contributed by atoms with E-state index in [1.165, 1.54) is 0 Å². The molecule has 6 heteroatoms. The number of rotatable bonds is 6. The van der Waals surface area contributed by atoms with Gasteiger partial charge < -0.3 is 19.1 Å². The third kappa shape index (κ3) is 4.51. The van der Waals surface area contributed by atoms with Crippen LogP contribution in [0, 0.1) is 0 Å². The van der Waals surface area contributed by atoms with E-state index in [9.17, 15) is 5.11 Å². The van der Waals surface area contributed by atoms with Gasteiger partial charge in [0, 0.05) is 26.5 Å². The average molecular weight is 539 g/mol. The van der Waals surface area contributed by atoms with Crippen LogP contribution >= 0.6 is 11.6 Å². The number of aliphatic hydroxyl groups excluding tert-OH is 1. The third-order valence-corrected chi connectivity index (χ3v) is 8.06. The number of hydrogen-bond acceptors (Lipinski definition) is 4. The molecule has 2 unspecified atom stereocenters. The number of imidazole rings is 1. The van der Waals surface area contributed by atoms with Crippen LogP contribution in [0.5, 0.6) is 0 Å². The number of ether oxygens (including phenoxy) is 2. The van der Waals surface area contributed by atoms with E-state index in [0.717, 1.165) is 28.0 Å². The summed E-state index contributed by atoms with van der Waals surface area (Å²) >= 11 is 7.09. The van der Waals surface area contributed by atoms with Gasteiger partial charge in [0.15, 0.2) is 0 Å². The van der Waals surface area contributed by atoms with E-state index >= 15 is 0 Å². The van der Waals surface area contributed by atoms with Crippen molar-refractivity contribution in [3.63, 3.8) is 0 Å². The van der Waals surface area contributed by atoms with Gasteiger partial charge in [-0.15, -0.1) is 11.6 Å². The Bertz CT molecular complexity index is 1420. The van der Waals surface area contributed by atoms with Crippen molar-refractivity contribution in [3.8, 4) is 0 Å². The van der Waals surface area contributed by atoms with Gasteiger partial charge in [0.25, 0.3) is 0 Å². The van der Waals surface area contributed by atoms with Gasteiger partial charge in [-0.05, 0) is 28.3 Å². The largest absolute Gasteiger partial charge is 0.463 e. The number of nitrogens with zero attached hydrogens (tertiary/aromatic N) is 2. The lowest BCUT2D eigenvalue weighted by molar-refractivity contribution is -0.198. The first-order valence-electron chi connectivity index (χ1n) is 13.1. The summed E-state index contributed by atoms with van der Waals surface area (Å²) in [6.45, 7) is 4.17. The number of allylic oxidation sites excluding steroid dienone is 1. The lowest BCUT2D eigenvalue weighted by atomic mass is 9.76. The third-order valence-electron chi connectivity index (χ3n) is 7.59. The van der Waals surface area contributed by atoms with Crippen molar-refractivity contribution in [3.05, 3.63) is 149 Å². The van der Waals surface area contributed by atoms with Gasteiger partial charge >= 0.3 is 0 Å². The van der Waals surface area contributed by atoms with Crippen LogP contribution in [0.3, 0.4) is 0 Å². The first-order chi connectivity index (χ1) is 18.8. The molecule has 0 saturated heterocycles. The summed E-state index contributed by atoms with van der Waals surface area (Å²) in [7, 11) is 0. The molecule has 1 aliphatic heterocycles. The highest BCUT2D eigenvalue weighted by molar-refractivity contribution is 6.26. The van der Waals surface area contributed by atoms with Gasteiger partial charge in [0.1, 0.15) is 17.4 Å². The fraction of sp³-hybridized carbons (Fsp3) is 0.242. The number of alkyl halides is 1. The van der Waals surface area contributed by atoms with Crippen LogP contribution in [0.15, 0.2) is 127 Å². The predicted molar refractivity (Wildman–Crippen MR) is 152 cm³/mol. The predicted octanol–water partition coefficient (Wildman–Crippen LogP) is 6.73. The molecular formula is C33H31ClN2O3. The quantitative estimate of drug-likeness (QED) is 0.218. The second kappa shape index (κ2) is 9.83. The number of aromatic nitrogens is 2. The van der Waals surface area contributed by atoms with Crippen LogP contribution in [0.4, 0.5) is 0 Å². The van der Waals surface area contributed by atoms with Crippen molar-refractivity contribution in [2.24, 2.45) is 0 Å². The molecular weight excluding hydrogens is 508 g/mol. The minimum absolute atomic E-state index is 0.395. The van der Waals surface area contributed by atoms with Crippen molar-refractivity contribution >= 4 is 11.6 Å². The SMILES string of the molecule is CC1(C)OCC2=C(C=CC(Cl)(C(O)c3cn(C(c4ccccc4)(c4ccccc4)c4ccccc4)cn3)C2)O1. The molecule has 1 N–H and O–H groups in total. The molecule has 1 aromatic heterocycles. The minimum atomic E-state index is -1.08. The summed E-state index contributed by atoms with van der Waals surface area (Å²) in [6.07, 6.45) is 6.71. The molecule has 2 heterocycles. The molecule has 39 heavy (non-hydrogen) atoms. The maximum Gasteiger partial charge on any atom is 0.205 e. The van der Waals surface area contributed by atoms with Gasteiger partial charge in [0.2, 0.25) is 5.79 Å². The van der Waals surface area contributed by atoms with Gasteiger partial charge in [0.05, 0.1) is 23.5 Å². The Hall–Kier alpha value is -3.64. The van der Waals surface area contributed by atoms with E-state index in [2.05, 4.69) is 41.0 Å². The van der Waals surface area contributed by atoms with Crippen LogP contribution < -0.4 is 0 Å². The Morgan fingerprint density at radius 3 is 1.97 bits per heavy atom. The highest BCUT2D eigenvalue weighted by atomic mass is 35.5. The Kier molecular flexibility index (Phi) is 6.46. The Morgan fingerprint density at radius 1 is 0.897 bits per heavy atom. The fourth-order valence-corrected chi connectivity index (χ4v) is 6.01. The van der Waals surface area contributed by atoms with Gasteiger partial charge in [-0.2, -0.15) is 0 Å². The molecule has 2 atom stereocenters. The first kappa shape index (κ1) is 25.6. The molecule has 1 aliphatic carbocycles. The molecule has 0 radical (unpaired) electrons. The van der Waals surface area contributed by atoms with Crippen LogP contribution in [0.2, 0.25) is 0 Å². The lowest BCUT2D eigenvalue weighted by Gasteiger charge is -2.39. The molecule has 4 aromatic rings. The number of halogens is 1. The standard InChI is InChI=1S/C33H31ClN2O3/c1-31(2)38-22-24-20-32(34,19-18-29(24)39-31)30(37)28-21-36(23-35-28)33(25-12-6-3-7-13-25,26-14-8-4-9-15-26)27-16-10-5-11-17-27/h3-19,21,23,30,37H,20,22H2,1-2H3. The highest BCUT2D eigenvalue weighted by Gasteiger charge is 2.44. The Balaban J connectivity index is 1.44. The average Bonchev–Trinajstić information content (AvgIpc) is 3.45. The molecule has 0 fully saturated rings. The molecule has 0 saturated carbocycles. The molecule has 3 aromatic carbocycles. The normalized spacial score (nSPS) is 21.2. The lowest BCUT2D eigenvalue weighted by Crippen LogP contribution is -2.39. The monoisotopic (exact) mass is 538 g/mol. The van der Waals surface area contributed by atoms with Crippen LogP contribution in [-0.2, 0) is 15.0 Å². The zero-order valence-corrected chi connectivity index (χ0v) is 22.8.